The summed E-state index contributed by atoms with van der Waals surface area (Å²) in [5.74, 6) is 1.21. The molecule has 4 heteroatoms. The van der Waals surface area contributed by atoms with Crippen LogP contribution in [-0.2, 0) is 4.79 Å². The average molecular weight is 344 g/mol. The topological polar surface area (TPSA) is 29.1 Å². The van der Waals surface area contributed by atoms with Crippen molar-refractivity contribution in [3.63, 3.8) is 0 Å². The molecule has 0 aliphatic heterocycles. The largest absolute Gasteiger partial charge is 0.354 e. The molecule has 0 aromatic heterocycles. The average Bonchev–Trinajstić information content (AvgIpc) is 2.45. The summed E-state index contributed by atoms with van der Waals surface area (Å²) in [4.78, 5) is 13.3. The summed E-state index contributed by atoms with van der Waals surface area (Å²) in [6, 6.07) is 10.0. The molecule has 2 nitrogen and oxygen atoms in total. The number of thioether (sulfide) groups is 1. The van der Waals surface area contributed by atoms with Crippen LogP contribution in [0.4, 0.5) is 0 Å². The highest BCUT2D eigenvalue weighted by Crippen LogP contribution is 2.20. The summed E-state index contributed by atoms with van der Waals surface area (Å²) in [5, 5.41) is 3.00. The quantitative estimate of drug-likeness (QED) is 0.568. The standard InChI is InChI=1S/C15H22BrNOS/c1-3-12(4-2)14(16)10-17-15(18)11-19-13-8-6-5-7-9-13/h5-9,12,14H,3-4,10-11H2,1-2H3,(H,17,18). The van der Waals surface area contributed by atoms with Gasteiger partial charge in [-0.2, -0.15) is 0 Å². The molecular weight excluding hydrogens is 322 g/mol. The Hall–Kier alpha value is -0.480. The van der Waals surface area contributed by atoms with Crippen LogP contribution in [0.3, 0.4) is 0 Å². The van der Waals surface area contributed by atoms with Crippen molar-refractivity contribution in [3.8, 4) is 0 Å². The highest BCUT2D eigenvalue weighted by Gasteiger charge is 2.15. The van der Waals surface area contributed by atoms with Crippen LogP contribution in [0, 0.1) is 5.92 Å². The highest BCUT2D eigenvalue weighted by molar-refractivity contribution is 9.09. The minimum absolute atomic E-state index is 0.101. The van der Waals surface area contributed by atoms with Gasteiger partial charge in [0.1, 0.15) is 0 Å². The Labute approximate surface area is 128 Å². The van der Waals surface area contributed by atoms with Gasteiger partial charge in [-0.25, -0.2) is 0 Å². The van der Waals surface area contributed by atoms with Gasteiger partial charge in [0, 0.05) is 16.3 Å². The molecule has 0 fully saturated rings. The summed E-state index contributed by atoms with van der Waals surface area (Å²) < 4.78 is 0. The lowest BCUT2D eigenvalue weighted by atomic mass is 9.99. The van der Waals surface area contributed by atoms with Crippen LogP contribution in [0.25, 0.3) is 0 Å². The van der Waals surface area contributed by atoms with Gasteiger partial charge in [0.25, 0.3) is 0 Å². The van der Waals surface area contributed by atoms with Crippen molar-refractivity contribution in [2.24, 2.45) is 5.92 Å². The van der Waals surface area contributed by atoms with Gasteiger partial charge in [-0.3, -0.25) is 4.79 Å². The fourth-order valence-corrected chi connectivity index (χ4v) is 3.55. The second kappa shape index (κ2) is 9.43. The molecule has 0 saturated heterocycles. The molecule has 0 spiro atoms. The Balaban J connectivity index is 2.24. The molecule has 1 atom stereocenters. The van der Waals surface area contributed by atoms with E-state index in [1.54, 1.807) is 11.8 Å². The van der Waals surface area contributed by atoms with Crippen LogP contribution >= 0.6 is 27.7 Å². The predicted octanol–water partition coefficient (Wildman–Crippen LogP) is 4.09. The zero-order chi connectivity index (χ0) is 14.1. The van der Waals surface area contributed by atoms with Gasteiger partial charge in [0.05, 0.1) is 5.75 Å². The van der Waals surface area contributed by atoms with Crippen molar-refractivity contribution in [1.82, 2.24) is 5.32 Å². The highest BCUT2D eigenvalue weighted by atomic mass is 79.9. The third-order valence-electron chi connectivity index (χ3n) is 3.17. The maximum atomic E-state index is 11.8. The first-order valence-corrected chi connectivity index (χ1v) is 8.66. The molecule has 1 aromatic rings. The summed E-state index contributed by atoms with van der Waals surface area (Å²) in [6.07, 6.45) is 2.28. The first-order chi connectivity index (χ1) is 9.17. The summed E-state index contributed by atoms with van der Waals surface area (Å²) >= 11 is 5.24. The summed E-state index contributed by atoms with van der Waals surface area (Å²) in [7, 11) is 0. The van der Waals surface area contributed by atoms with Gasteiger partial charge in [0.2, 0.25) is 5.91 Å². The van der Waals surface area contributed by atoms with E-state index in [2.05, 4.69) is 35.1 Å². The molecule has 0 aliphatic carbocycles. The van der Waals surface area contributed by atoms with Crippen molar-refractivity contribution < 1.29 is 4.79 Å². The summed E-state index contributed by atoms with van der Waals surface area (Å²) in [5.41, 5.74) is 0. The lowest BCUT2D eigenvalue weighted by Gasteiger charge is -2.19. The lowest BCUT2D eigenvalue weighted by molar-refractivity contribution is -0.118. The van der Waals surface area contributed by atoms with Crippen molar-refractivity contribution in [2.45, 2.75) is 36.4 Å². The maximum absolute atomic E-state index is 11.8. The molecule has 19 heavy (non-hydrogen) atoms. The van der Waals surface area contributed by atoms with E-state index in [9.17, 15) is 4.79 Å². The normalized spacial score (nSPS) is 12.4. The number of nitrogens with one attached hydrogen (secondary N) is 1. The minimum atomic E-state index is 0.101. The molecule has 1 aromatic carbocycles. The molecular formula is C15H22BrNOS. The molecule has 0 radical (unpaired) electrons. The fourth-order valence-electron chi connectivity index (χ4n) is 1.89. The first kappa shape index (κ1) is 16.6. The van der Waals surface area contributed by atoms with E-state index in [0.29, 0.717) is 23.0 Å². The predicted molar refractivity (Wildman–Crippen MR) is 87.0 cm³/mol. The number of alkyl halides is 1. The molecule has 0 aliphatic rings. The number of amides is 1. The molecule has 0 heterocycles. The Morgan fingerprint density at radius 3 is 2.47 bits per heavy atom. The molecule has 1 N–H and O–H groups in total. The Bertz CT molecular complexity index is 368. The van der Waals surface area contributed by atoms with E-state index < -0.39 is 0 Å². The molecule has 0 saturated carbocycles. The molecule has 1 amide bonds. The van der Waals surface area contributed by atoms with Gasteiger partial charge < -0.3 is 5.32 Å². The number of carbonyl (C=O) groups excluding carboxylic acids is 1. The third-order valence-corrected chi connectivity index (χ3v) is 5.25. The monoisotopic (exact) mass is 343 g/mol. The smallest absolute Gasteiger partial charge is 0.230 e. The van der Waals surface area contributed by atoms with E-state index in [0.717, 1.165) is 17.7 Å². The van der Waals surface area contributed by atoms with Crippen molar-refractivity contribution in [3.05, 3.63) is 30.3 Å². The van der Waals surface area contributed by atoms with E-state index in [-0.39, 0.29) is 5.91 Å². The van der Waals surface area contributed by atoms with Gasteiger partial charge >= 0.3 is 0 Å². The second-order valence-electron chi connectivity index (χ2n) is 4.50. The molecule has 106 valence electrons. The van der Waals surface area contributed by atoms with Crippen molar-refractivity contribution in [2.75, 3.05) is 12.3 Å². The van der Waals surface area contributed by atoms with Crippen molar-refractivity contribution >= 4 is 33.6 Å². The SMILES string of the molecule is CCC(CC)C(Br)CNC(=O)CSc1ccccc1. The van der Waals surface area contributed by atoms with Crippen LogP contribution in [0.5, 0.6) is 0 Å². The van der Waals surface area contributed by atoms with E-state index >= 15 is 0 Å². The summed E-state index contributed by atoms with van der Waals surface area (Å²) in [6.45, 7) is 5.09. The van der Waals surface area contributed by atoms with Crippen molar-refractivity contribution in [1.29, 1.82) is 0 Å². The van der Waals surface area contributed by atoms with Crippen LogP contribution < -0.4 is 5.32 Å². The zero-order valence-corrected chi connectivity index (χ0v) is 14.0. The number of hydrogen-bond acceptors (Lipinski definition) is 2. The number of benzene rings is 1. The molecule has 0 bridgehead atoms. The van der Waals surface area contributed by atoms with Crippen LogP contribution in [0.1, 0.15) is 26.7 Å². The van der Waals surface area contributed by atoms with Gasteiger partial charge in [0.15, 0.2) is 0 Å². The number of rotatable bonds is 8. The lowest BCUT2D eigenvalue weighted by Crippen LogP contribution is -2.33. The van der Waals surface area contributed by atoms with E-state index in [1.165, 1.54) is 0 Å². The Morgan fingerprint density at radius 1 is 1.26 bits per heavy atom. The first-order valence-electron chi connectivity index (χ1n) is 6.76. The fraction of sp³-hybridized carbons (Fsp3) is 0.533. The van der Waals surface area contributed by atoms with Crippen LogP contribution in [0.15, 0.2) is 35.2 Å². The van der Waals surface area contributed by atoms with Gasteiger partial charge in [-0.05, 0) is 18.1 Å². The van der Waals surface area contributed by atoms with Gasteiger partial charge in [-0.1, -0.05) is 60.8 Å². The maximum Gasteiger partial charge on any atom is 0.230 e. The number of halogens is 1. The Morgan fingerprint density at radius 2 is 1.89 bits per heavy atom. The van der Waals surface area contributed by atoms with Crippen LogP contribution in [0.2, 0.25) is 0 Å². The second-order valence-corrected chi connectivity index (χ2v) is 6.72. The van der Waals surface area contributed by atoms with E-state index in [1.807, 2.05) is 30.3 Å². The number of carbonyl (C=O) groups is 1. The zero-order valence-electron chi connectivity index (χ0n) is 11.6. The van der Waals surface area contributed by atoms with Gasteiger partial charge in [-0.15, -0.1) is 11.8 Å². The molecule has 1 rings (SSSR count). The Kier molecular flexibility index (Phi) is 8.22. The molecule has 1 unspecified atom stereocenters. The third kappa shape index (κ3) is 6.48. The minimum Gasteiger partial charge on any atom is -0.354 e. The van der Waals surface area contributed by atoms with E-state index in [4.69, 9.17) is 0 Å². The van der Waals surface area contributed by atoms with Crippen LogP contribution in [-0.4, -0.2) is 23.0 Å². The number of hydrogen-bond donors (Lipinski definition) is 1.